The maximum atomic E-state index is 10.9. The van der Waals surface area contributed by atoms with Crippen molar-refractivity contribution in [3.8, 4) is 0 Å². The fraction of sp³-hybridized carbons (Fsp3) is 0.667. The van der Waals surface area contributed by atoms with Crippen LogP contribution in [0.15, 0.2) is 24.3 Å². The highest BCUT2D eigenvalue weighted by molar-refractivity contribution is 5.32. The van der Waals surface area contributed by atoms with E-state index in [1.165, 1.54) is 31.5 Å². The van der Waals surface area contributed by atoms with Crippen LogP contribution in [0.1, 0.15) is 43.4 Å². The van der Waals surface area contributed by atoms with Crippen LogP contribution in [-0.4, -0.2) is 52.7 Å². The van der Waals surface area contributed by atoms with Gasteiger partial charge in [0.25, 0.3) is 0 Å². The Bertz CT molecular complexity index is 518. The van der Waals surface area contributed by atoms with Gasteiger partial charge in [-0.15, -0.1) is 0 Å². The molecule has 0 aromatic heterocycles. The largest absolute Gasteiger partial charge is 0.387 e. The van der Waals surface area contributed by atoms with Crippen LogP contribution in [0.25, 0.3) is 0 Å². The van der Waals surface area contributed by atoms with Gasteiger partial charge in [-0.25, -0.2) is 0 Å². The smallest absolute Gasteiger partial charge is 0.0948 e. The molecule has 0 saturated carbocycles. The molecule has 2 fully saturated rings. The molecule has 0 bridgehead atoms. The van der Waals surface area contributed by atoms with E-state index in [4.69, 9.17) is 0 Å². The molecule has 2 heterocycles. The van der Waals surface area contributed by atoms with E-state index < -0.39 is 0 Å². The number of nitrogens with zero attached hydrogens (tertiary/aromatic N) is 2. The molecule has 2 aliphatic heterocycles. The molecule has 21 heavy (non-hydrogen) atoms. The van der Waals surface area contributed by atoms with Gasteiger partial charge in [0.15, 0.2) is 0 Å². The van der Waals surface area contributed by atoms with E-state index in [9.17, 15) is 5.11 Å². The average molecular weight is 286 g/mol. The van der Waals surface area contributed by atoms with Crippen LogP contribution >= 0.6 is 0 Å². The standard InChI is InChI=1S/C18H26N2O/c1-13-11-19-10-4-6-15(19)12-20(13)17-9-8-14-5-2-3-7-16(14)18(17)21/h2-3,5,7,13,15,17-18,21H,4,6,8-12H2,1H3. The second kappa shape index (κ2) is 5.38. The molecule has 3 nitrogen and oxygen atoms in total. The van der Waals surface area contributed by atoms with Gasteiger partial charge in [-0.1, -0.05) is 24.3 Å². The lowest BCUT2D eigenvalue weighted by Gasteiger charge is -2.48. The highest BCUT2D eigenvalue weighted by Gasteiger charge is 2.40. The molecule has 1 N–H and O–H groups in total. The molecule has 2 saturated heterocycles. The van der Waals surface area contributed by atoms with Gasteiger partial charge in [0.05, 0.1) is 6.10 Å². The summed E-state index contributed by atoms with van der Waals surface area (Å²) in [4.78, 5) is 5.26. The number of hydrogen-bond donors (Lipinski definition) is 1. The summed E-state index contributed by atoms with van der Waals surface area (Å²) >= 11 is 0. The molecular formula is C18H26N2O. The van der Waals surface area contributed by atoms with Gasteiger partial charge in [0, 0.05) is 31.2 Å². The fourth-order valence-corrected chi connectivity index (χ4v) is 4.74. The Morgan fingerprint density at radius 3 is 2.90 bits per heavy atom. The lowest BCUT2D eigenvalue weighted by Crippen LogP contribution is -2.59. The third kappa shape index (κ3) is 2.32. The Morgan fingerprint density at radius 2 is 2.00 bits per heavy atom. The first-order valence-corrected chi connectivity index (χ1v) is 8.49. The molecule has 1 aliphatic carbocycles. The number of benzene rings is 1. The summed E-state index contributed by atoms with van der Waals surface area (Å²) in [5.74, 6) is 0. The average Bonchev–Trinajstić information content (AvgIpc) is 2.94. The van der Waals surface area contributed by atoms with E-state index in [1.54, 1.807) is 0 Å². The second-order valence-electron chi connectivity index (χ2n) is 7.09. The van der Waals surface area contributed by atoms with Crippen LogP contribution in [0.3, 0.4) is 0 Å². The molecule has 3 aliphatic rings. The summed E-state index contributed by atoms with van der Waals surface area (Å²) in [7, 11) is 0. The Balaban J connectivity index is 1.56. The van der Waals surface area contributed by atoms with Gasteiger partial charge in [-0.3, -0.25) is 9.80 Å². The fourth-order valence-electron chi connectivity index (χ4n) is 4.74. The number of piperazine rings is 1. The summed E-state index contributed by atoms with van der Waals surface area (Å²) in [6.45, 7) is 5.93. The number of aliphatic hydroxyl groups excluding tert-OH is 1. The zero-order valence-corrected chi connectivity index (χ0v) is 12.9. The van der Waals surface area contributed by atoms with Crippen LogP contribution in [0.2, 0.25) is 0 Å². The quantitative estimate of drug-likeness (QED) is 0.857. The molecule has 0 radical (unpaired) electrons. The predicted octanol–water partition coefficient (Wildman–Crippen LogP) is 2.20. The van der Waals surface area contributed by atoms with Crippen LogP contribution in [-0.2, 0) is 6.42 Å². The molecule has 4 unspecified atom stereocenters. The van der Waals surface area contributed by atoms with Crippen molar-refractivity contribution < 1.29 is 5.11 Å². The van der Waals surface area contributed by atoms with Crippen molar-refractivity contribution in [1.29, 1.82) is 0 Å². The Kier molecular flexibility index (Phi) is 3.52. The molecule has 4 rings (SSSR count). The van der Waals surface area contributed by atoms with Crippen LogP contribution in [0.4, 0.5) is 0 Å². The Hall–Kier alpha value is -0.900. The van der Waals surface area contributed by atoms with Gasteiger partial charge in [-0.05, 0) is 50.3 Å². The second-order valence-corrected chi connectivity index (χ2v) is 7.09. The summed E-state index contributed by atoms with van der Waals surface area (Å²) in [6, 6.07) is 10.0. The summed E-state index contributed by atoms with van der Waals surface area (Å²) in [5.41, 5.74) is 2.50. The van der Waals surface area contributed by atoms with Gasteiger partial charge < -0.3 is 5.11 Å². The first kappa shape index (κ1) is 13.7. The molecule has 1 aromatic carbocycles. The minimum Gasteiger partial charge on any atom is -0.387 e. The normalized spacial score (nSPS) is 37.2. The van der Waals surface area contributed by atoms with Crippen molar-refractivity contribution in [1.82, 2.24) is 9.80 Å². The van der Waals surface area contributed by atoms with Crippen molar-refractivity contribution in [3.05, 3.63) is 35.4 Å². The lowest BCUT2D eigenvalue weighted by atomic mass is 9.84. The van der Waals surface area contributed by atoms with Crippen molar-refractivity contribution >= 4 is 0 Å². The Labute approximate surface area is 127 Å². The third-order valence-corrected chi connectivity index (χ3v) is 5.86. The first-order chi connectivity index (χ1) is 10.2. The van der Waals surface area contributed by atoms with Crippen LogP contribution in [0, 0.1) is 0 Å². The monoisotopic (exact) mass is 286 g/mol. The van der Waals surface area contributed by atoms with Crippen LogP contribution < -0.4 is 0 Å². The SMILES string of the molecule is CC1CN2CCCC2CN1C1CCc2ccccc2C1O. The summed E-state index contributed by atoms with van der Waals surface area (Å²) < 4.78 is 0. The lowest BCUT2D eigenvalue weighted by molar-refractivity contribution is -0.0311. The van der Waals surface area contributed by atoms with E-state index in [2.05, 4.69) is 41.0 Å². The topological polar surface area (TPSA) is 26.7 Å². The molecule has 0 amide bonds. The van der Waals surface area contributed by atoms with Gasteiger partial charge >= 0.3 is 0 Å². The number of fused-ring (bicyclic) bond motifs is 2. The van der Waals surface area contributed by atoms with Gasteiger partial charge in [0.2, 0.25) is 0 Å². The van der Waals surface area contributed by atoms with E-state index in [1.807, 2.05) is 0 Å². The van der Waals surface area contributed by atoms with E-state index in [0.29, 0.717) is 12.1 Å². The first-order valence-electron chi connectivity index (χ1n) is 8.49. The van der Waals surface area contributed by atoms with E-state index in [0.717, 1.165) is 31.0 Å². The van der Waals surface area contributed by atoms with Crippen molar-refractivity contribution in [2.24, 2.45) is 0 Å². The van der Waals surface area contributed by atoms with Gasteiger partial charge in [0.1, 0.15) is 0 Å². The summed E-state index contributed by atoms with van der Waals surface area (Å²) in [6.07, 6.45) is 4.57. The van der Waals surface area contributed by atoms with Crippen molar-refractivity contribution in [3.63, 3.8) is 0 Å². The molecular weight excluding hydrogens is 260 g/mol. The maximum absolute atomic E-state index is 10.9. The molecule has 3 heteroatoms. The molecule has 4 atom stereocenters. The number of hydrogen-bond acceptors (Lipinski definition) is 3. The minimum absolute atomic E-state index is 0.303. The highest BCUT2D eigenvalue weighted by atomic mass is 16.3. The molecule has 0 spiro atoms. The maximum Gasteiger partial charge on any atom is 0.0948 e. The van der Waals surface area contributed by atoms with E-state index >= 15 is 0 Å². The minimum atomic E-state index is -0.314. The molecule has 1 aromatic rings. The number of aliphatic hydroxyl groups is 1. The predicted molar refractivity (Wildman–Crippen MR) is 84.3 cm³/mol. The third-order valence-electron chi connectivity index (χ3n) is 5.86. The van der Waals surface area contributed by atoms with Gasteiger partial charge in [-0.2, -0.15) is 0 Å². The zero-order valence-electron chi connectivity index (χ0n) is 12.9. The van der Waals surface area contributed by atoms with Crippen molar-refractivity contribution in [2.75, 3.05) is 19.6 Å². The van der Waals surface area contributed by atoms with E-state index in [-0.39, 0.29) is 6.10 Å². The number of rotatable bonds is 1. The van der Waals surface area contributed by atoms with Crippen molar-refractivity contribution in [2.45, 2.75) is 56.8 Å². The highest BCUT2D eigenvalue weighted by Crippen LogP contribution is 2.36. The summed E-state index contributed by atoms with van der Waals surface area (Å²) in [5, 5.41) is 10.9. The number of aryl methyl sites for hydroxylation is 1. The Morgan fingerprint density at radius 1 is 1.14 bits per heavy atom. The molecule has 114 valence electrons. The zero-order chi connectivity index (χ0) is 14.4. The van der Waals surface area contributed by atoms with Crippen LogP contribution in [0.5, 0.6) is 0 Å².